The number of halogens is 1. The van der Waals surface area contributed by atoms with Gasteiger partial charge in [-0.3, -0.25) is 4.79 Å². The second kappa shape index (κ2) is 13.0. The van der Waals surface area contributed by atoms with Crippen LogP contribution in [-0.2, 0) is 17.2 Å². The second-order valence-electron chi connectivity index (χ2n) is 11.2. The molecule has 228 valence electrons. The third-order valence-electron chi connectivity index (χ3n) is 7.72. The van der Waals surface area contributed by atoms with Crippen LogP contribution in [0.2, 0.25) is 0 Å². The third kappa shape index (κ3) is 6.78. The van der Waals surface area contributed by atoms with E-state index >= 15 is 0 Å². The highest BCUT2D eigenvalue weighted by Gasteiger charge is 2.35. The molecule has 1 aliphatic heterocycles. The molecule has 1 atom stereocenters. The zero-order valence-electron chi connectivity index (χ0n) is 25.6. The van der Waals surface area contributed by atoms with Gasteiger partial charge in [0, 0.05) is 17.1 Å². The van der Waals surface area contributed by atoms with Crippen LogP contribution in [0.15, 0.2) is 107 Å². The SMILES string of the molecule is CC1=C(C(=O)Nc2ccc(C)cc2C)C(c2cccc(OCc3ccc(C)cc3)c2)n2nc(SCc3ccccc3F)nc2N1. The fourth-order valence-corrected chi connectivity index (χ4v) is 6.14. The number of anilines is 2. The summed E-state index contributed by atoms with van der Waals surface area (Å²) in [5.41, 5.74) is 7.65. The lowest BCUT2D eigenvalue weighted by Crippen LogP contribution is -2.31. The number of aryl methyl sites for hydroxylation is 3. The van der Waals surface area contributed by atoms with E-state index in [2.05, 4.69) is 41.8 Å². The minimum absolute atomic E-state index is 0.246. The van der Waals surface area contributed by atoms with E-state index in [0.29, 0.717) is 46.0 Å². The first-order valence-electron chi connectivity index (χ1n) is 14.7. The summed E-state index contributed by atoms with van der Waals surface area (Å²) in [7, 11) is 0. The molecule has 0 saturated heterocycles. The van der Waals surface area contributed by atoms with Crippen molar-refractivity contribution < 1.29 is 13.9 Å². The number of nitrogens with zero attached hydrogens (tertiary/aromatic N) is 3. The van der Waals surface area contributed by atoms with Gasteiger partial charge in [0.2, 0.25) is 11.1 Å². The van der Waals surface area contributed by atoms with Crippen molar-refractivity contribution in [1.82, 2.24) is 14.8 Å². The molecule has 5 aromatic rings. The smallest absolute Gasteiger partial charge is 0.255 e. The van der Waals surface area contributed by atoms with Gasteiger partial charge < -0.3 is 15.4 Å². The number of nitrogens with one attached hydrogen (secondary N) is 2. The zero-order valence-corrected chi connectivity index (χ0v) is 26.4. The maximum Gasteiger partial charge on any atom is 0.255 e. The Hall–Kier alpha value is -4.89. The van der Waals surface area contributed by atoms with Gasteiger partial charge in [0.15, 0.2) is 0 Å². The van der Waals surface area contributed by atoms with Crippen LogP contribution in [0.3, 0.4) is 0 Å². The lowest BCUT2D eigenvalue weighted by molar-refractivity contribution is -0.113. The third-order valence-corrected chi connectivity index (χ3v) is 8.61. The molecular weight excluding hydrogens is 585 g/mol. The number of hydrogen-bond acceptors (Lipinski definition) is 6. The van der Waals surface area contributed by atoms with Crippen molar-refractivity contribution in [3.05, 3.63) is 141 Å². The van der Waals surface area contributed by atoms with Crippen LogP contribution in [0.4, 0.5) is 16.0 Å². The average molecular weight is 620 g/mol. The van der Waals surface area contributed by atoms with Gasteiger partial charge in [-0.25, -0.2) is 9.07 Å². The van der Waals surface area contributed by atoms with Gasteiger partial charge in [-0.05, 0) is 74.2 Å². The van der Waals surface area contributed by atoms with Gasteiger partial charge in [0.05, 0.1) is 5.57 Å². The van der Waals surface area contributed by atoms with Crippen molar-refractivity contribution in [2.75, 3.05) is 10.6 Å². The summed E-state index contributed by atoms with van der Waals surface area (Å²) in [5, 5.41) is 11.7. The highest BCUT2D eigenvalue weighted by Crippen LogP contribution is 2.38. The topological polar surface area (TPSA) is 81.1 Å². The number of thioether (sulfide) groups is 1. The summed E-state index contributed by atoms with van der Waals surface area (Å²) < 4.78 is 22.2. The molecule has 7 nitrogen and oxygen atoms in total. The first-order valence-corrected chi connectivity index (χ1v) is 15.7. The Morgan fingerprint density at radius 2 is 1.73 bits per heavy atom. The Bertz CT molecular complexity index is 1900. The van der Waals surface area contributed by atoms with Crippen LogP contribution in [-0.4, -0.2) is 20.7 Å². The van der Waals surface area contributed by atoms with Gasteiger partial charge in [-0.2, -0.15) is 4.98 Å². The normalized spacial score (nSPS) is 14.1. The van der Waals surface area contributed by atoms with Crippen molar-refractivity contribution in [3.8, 4) is 5.75 Å². The van der Waals surface area contributed by atoms with Crippen LogP contribution >= 0.6 is 11.8 Å². The number of aromatic nitrogens is 3. The van der Waals surface area contributed by atoms with Crippen molar-refractivity contribution in [3.63, 3.8) is 0 Å². The number of hydrogen-bond donors (Lipinski definition) is 2. The fourth-order valence-electron chi connectivity index (χ4n) is 5.32. The van der Waals surface area contributed by atoms with Crippen molar-refractivity contribution in [1.29, 1.82) is 0 Å². The summed E-state index contributed by atoms with van der Waals surface area (Å²) in [6.07, 6.45) is 0. The highest BCUT2D eigenvalue weighted by molar-refractivity contribution is 7.98. The quantitative estimate of drug-likeness (QED) is 0.162. The molecule has 9 heteroatoms. The molecule has 0 aliphatic carbocycles. The Morgan fingerprint density at radius 1 is 0.956 bits per heavy atom. The van der Waals surface area contributed by atoms with Crippen LogP contribution < -0.4 is 15.4 Å². The number of benzene rings is 4. The first-order chi connectivity index (χ1) is 21.7. The monoisotopic (exact) mass is 619 g/mol. The van der Waals surface area contributed by atoms with Crippen molar-refractivity contribution in [2.45, 2.75) is 51.3 Å². The predicted octanol–water partition coefficient (Wildman–Crippen LogP) is 8.14. The van der Waals surface area contributed by atoms with Crippen molar-refractivity contribution >= 4 is 29.3 Å². The van der Waals surface area contributed by atoms with Crippen LogP contribution in [0.1, 0.15) is 46.3 Å². The molecule has 0 saturated carbocycles. The van der Waals surface area contributed by atoms with E-state index in [0.717, 1.165) is 27.9 Å². The molecule has 1 amide bonds. The van der Waals surface area contributed by atoms with Gasteiger partial charge in [-0.1, -0.05) is 89.6 Å². The number of allylic oxidation sites excluding steroid dienone is 1. The van der Waals surface area contributed by atoms with E-state index in [1.807, 2.05) is 69.3 Å². The van der Waals surface area contributed by atoms with E-state index in [1.165, 1.54) is 23.4 Å². The predicted molar refractivity (Wildman–Crippen MR) is 177 cm³/mol. The van der Waals surface area contributed by atoms with E-state index in [4.69, 9.17) is 14.8 Å². The molecular formula is C36H34FN5O2S. The molecule has 1 unspecified atom stereocenters. The molecule has 0 spiro atoms. The Balaban J connectivity index is 1.34. The number of carbonyl (C=O) groups is 1. The van der Waals surface area contributed by atoms with Crippen LogP contribution in [0.5, 0.6) is 5.75 Å². The molecule has 0 bridgehead atoms. The lowest BCUT2D eigenvalue weighted by Gasteiger charge is -2.29. The highest BCUT2D eigenvalue weighted by atomic mass is 32.2. The minimum atomic E-state index is -0.592. The number of amides is 1. The van der Waals surface area contributed by atoms with E-state index in [1.54, 1.807) is 16.8 Å². The summed E-state index contributed by atoms with van der Waals surface area (Å²) in [5.74, 6) is 1.03. The summed E-state index contributed by atoms with van der Waals surface area (Å²) in [6, 6.07) is 28.0. The lowest BCUT2D eigenvalue weighted by atomic mass is 9.94. The average Bonchev–Trinajstić information content (AvgIpc) is 3.43. The number of carbonyl (C=O) groups excluding carboxylic acids is 1. The maximum absolute atomic E-state index is 14.3. The molecule has 1 aromatic heterocycles. The molecule has 2 heterocycles. The Kier molecular flexibility index (Phi) is 8.71. The van der Waals surface area contributed by atoms with E-state index in [-0.39, 0.29) is 11.7 Å². The fraction of sp³-hybridized carbons (Fsp3) is 0.194. The van der Waals surface area contributed by atoms with Gasteiger partial charge in [-0.15, -0.1) is 5.10 Å². The Morgan fingerprint density at radius 3 is 2.51 bits per heavy atom. The molecule has 0 fully saturated rings. The van der Waals surface area contributed by atoms with Crippen molar-refractivity contribution in [2.24, 2.45) is 0 Å². The first kappa shape index (κ1) is 30.1. The van der Waals surface area contributed by atoms with Gasteiger partial charge in [0.25, 0.3) is 5.91 Å². The van der Waals surface area contributed by atoms with Gasteiger partial charge in [0.1, 0.15) is 24.2 Å². The summed E-state index contributed by atoms with van der Waals surface area (Å²) in [6.45, 7) is 8.33. The number of rotatable bonds is 9. The van der Waals surface area contributed by atoms with Crippen LogP contribution in [0, 0.1) is 26.6 Å². The molecule has 4 aromatic carbocycles. The largest absolute Gasteiger partial charge is 0.489 e. The number of ether oxygens (including phenoxy) is 1. The zero-order chi connectivity index (χ0) is 31.5. The molecule has 1 aliphatic rings. The maximum atomic E-state index is 14.3. The second-order valence-corrected chi connectivity index (χ2v) is 12.2. The van der Waals surface area contributed by atoms with Gasteiger partial charge >= 0.3 is 0 Å². The molecule has 2 N–H and O–H groups in total. The standard InChI is InChI=1S/C36H34FN5O2S/c1-22-12-15-26(16-13-22)20-44-29-10-7-9-27(19-29)33-32(34(43)39-31-17-14-23(2)18-24(31)3)25(4)38-35-40-36(41-42(33)35)45-21-28-8-5-6-11-30(28)37/h5-19,33H,20-21H2,1-4H3,(H,39,43)(H,38,40,41). The minimum Gasteiger partial charge on any atom is -0.489 e. The molecule has 45 heavy (non-hydrogen) atoms. The van der Waals surface area contributed by atoms with Crippen LogP contribution in [0.25, 0.3) is 0 Å². The Labute approximate surface area is 266 Å². The molecule has 6 rings (SSSR count). The molecule has 0 radical (unpaired) electrons. The number of fused-ring (bicyclic) bond motifs is 1. The van der Waals surface area contributed by atoms with E-state index in [9.17, 15) is 9.18 Å². The summed E-state index contributed by atoms with van der Waals surface area (Å²) in [4.78, 5) is 18.8. The summed E-state index contributed by atoms with van der Waals surface area (Å²) >= 11 is 1.34. The van der Waals surface area contributed by atoms with E-state index < -0.39 is 6.04 Å².